The molecule has 0 N–H and O–H groups in total. The van der Waals surface area contributed by atoms with Gasteiger partial charge in [0, 0.05) is 21.3 Å². The predicted octanol–water partition coefficient (Wildman–Crippen LogP) is 4.66. The average Bonchev–Trinajstić information content (AvgIpc) is 2.26. The van der Waals surface area contributed by atoms with Crippen LogP contribution in [0.2, 0.25) is 0 Å². The van der Waals surface area contributed by atoms with Gasteiger partial charge in [0.05, 0.1) is 11.4 Å². The van der Waals surface area contributed by atoms with Crippen molar-refractivity contribution >= 4 is 63.7 Å². The number of hydrogen-bond acceptors (Lipinski definition) is 1. The van der Waals surface area contributed by atoms with Crippen LogP contribution in [-0.4, -0.2) is 4.98 Å². The van der Waals surface area contributed by atoms with Crippen molar-refractivity contribution in [3.63, 3.8) is 0 Å². The molecule has 0 bridgehead atoms. The first-order valence-electron chi connectivity index (χ1n) is 4.01. The fourth-order valence-corrected chi connectivity index (χ4v) is 3.09. The number of hydrogen-bond donors (Lipinski definition) is 0. The summed E-state index contributed by atoms with van der Waals surface area (Å²) in [4.78, 5) is 4.60. The van der Waals surface area contributed by atoms with Gasteiger partial charge in [-0.15, -0.1) is 0 Å². The molecule has 0 saturated carbocycles. The molecule has 1 nitrogen and oxygen atoms in total. The second-order valence-corrected chi connectivity index (χ2v) is 4.98. The van der Waals surface area contributed by atoms with E-state index in [1.165, 1.54) is 11.1 Å². The summed E-state index contributed by atoms with van der Waals surface area (Å²) in [7, 11) is 0. The largest absolute Gasteiger partial charge is 0.255 e. The summed E-state index contributed by atoms with van der Waals surface area (Å²) in [5, 5.41) is 3.31. The summed E-state index contributed by atoms with van der Waals surface area (Å²) in [5.74, 6) is 0. The molecule has 0 aliphatic carbocycles. The van der Waals surface area contributed by atoms with E-state index in [1.54, 1.807) is 0 Å². The molecule has 0 saturated heterocycles. The summed E-state index contributed by atoms with van der Waals surface area (Å²) in [6, 6.07) is 2.20. The van der Waals surface area contributed by atoms with Crippen LogP contribution in [0.5, 0.6) is 0 Å². The van der Waals surface area contributed by atoms with Gasteiger partial charge in [-0.05, 0) is 11.1 Å². The van der Waals surface area contributed by atoms with Crippen LogP contribution in [-0.2, 0) is 21.3 Å². The Hall–Kier alpha value is 1.07. The molecule has 78 valence electrons. The molecule has 0 radical (unpaired) electrons. The van der Waals surface area contributed by atoms with E-state index in [-0.39, 0.29) is 0 Å². The van der Waals surface area contributed by atoms with Gasteiger partial charge >= 0.3 is 0 Å². The molecule has 0 atom stereocenters. The van der Waals surface area contributed by atoms with E-state index in [1.807, 2.05) is 0 Å². The van der Waals surface area contributed by atoms with Crippen molar-refractivity contribution in [2.24, 2.45) is 0 Å². The van der Waals surface area contributed by atoms with E-state index in [2.05, 4.69) is 74.8 Å². The molecule has 1 aromatic heterocycles. The maximum absolute atomic E-state index is 4.60. The van der Waals surface area contributed by atoms with Gasteiger partial charge in [-0.2, -0.15) is 0 Å². The van der Waals surface area contributed by atoms with E-state index >= 15 is 0 Å². The van der Waals surface area contributed by atoms with Crippen molar-refractivity contribution in [3.8, 4) is 0 Å². The van der Waals surface area contributed by atoms with Gasteiger partial charge in [0.1, 0.15) is 0 Å². The van der Waals surface area contributed by atoms with Crippen LogP contribution in [0.15, 0.2) is 6.07 Å². The van der Waals surface area contributed by atoms with Crippen LogP contribution >= 0.6 is 63.7 Å². The Labute approximate surface area is 118 Å². The molecule has 0 fully saturated rings. The Bertz CT molecular complexity index is 256. The first kappa shape index (κ1) is 13.1. The summed E-state index contributed by atoms with van der Waals surface area (Å²) in [6.45, 7) is 0. The Kier molecular flexibility index (Phi) is 6.20. The molecule has 14 heavy (non-hydrogen) atoms. The van der Waals surface area contributed by atoms with Gasteiger partial charge in [0.25, 0.3) is 0 Å². The van der Waals surface area contributed by atoms with E-state index < -0.39 is 0 Å². The van der Waals surface area contributed by atoms with Gasteiger partial charge in [0.2, 0.25) is 0 Å². The molecule has 0 aromatic carbocycles. The highest BCUT2D eigenvalue weighted by atomic mass is 79.9. The number of alkyl halides is 4. The molecular formula is C9H9Br4N. The summed E-state index contributed by atoms with van der Waals surface area (Å²) in [5.41, 5.74) is 4.73. The minimum atomic E-state index is 0.802. The van der Waals surface area contributed by atoms with E-state index in [4.69, 9.17) is 0 Å². The second-order valence-electron chi connectivity index (χ2n) is 2.73. The molecule has 0 unspecified atom stereocenters. The maximum atomic E-state index is 4.60. The molecule has 0 spiro atoms. The van der Waals surface area contributed by atoms with Crippen molar-refractivity contribution in [3.05, 3.63) is 28.6 Å². The first-order valence-corrected chi connectivity index (χ1v) is 8.49. The van der Waals surface area contributed by atoms with Crippen molar-refractivity contribution in [2.75, 3.05) is 0 Å². The highest BCUT2D eigenvalue weighted by Crippen LogP contribution is 2.21. The van der Waals surface area contributed by atoms with Crippen LogP contribution in [0, 0.1) is 0 Å². The summed E-state index contributed by atoms with van der Waals surface area (Å²) >= 11 is 13.8. The highest BCUT2D eigenvalue weighted by molar-refractivity contribution is 9.09. The summed E-state index contributed by atoms with van der Waals surface area (Å²) < 4.78 is 0. The Morgan fingerprint density at radius 2 is 1.21 bits per heavy atom. The fourth-order valence-electron chi connectivity index (χ4n) is 1.15. The van der Waals surface area contributed by atoms with E-state index in [0.717, 1.165) is 32.7 Å². The molecule has 5 heteroatoms. The smallest absolute Gasteiger partial charge is 0.0553 e. The minimum absolute atomic E-state index is 0.802. The normalized spacial score (nSPS) is 10.6. The van der Waals surface area contributed by atoms with Crippen LogP contribution in [0.3, 0.4) is 0 Å². The Morgan fingerprint density at radius 1 is 0.786 bits per heavy atom. The van der Waals surface area contributed by atoms with E-state index in [0.29, 0.717) is 0 Å². The molecular weight excluding hydrogens is 442 g/mol. The third-order valence-corrected chi connectivity index (χ3v) is 4.17. The maximum Gasteiger partial charge on any atom is 0.0553 e. The van der Waals surface area contributed by atoms with E-state index in [9.17, 15) is 0 Å². The van der Waals surface area contributed by atoms with Gasteiger partial charge in [-0.25, -0.2) is 0 Å². The Balaban J connectivity index is 3.20. The SMILES string of the molecule is BrCc1cc(CBr)c(CBr)nc1CBr. The Morgan fingerprint density at radius 3 is 1.50 bits per heavy atom. The van der Waals surface area contributed by atoms with Crippen LogP contribution in [0.4, 0.5) is 0 Å². The summed E-state index contributed by atoms with van der Waals surface area (Å²) in [6.07, 6.45) is 0. The lowest BCUT2D eigenvalue weighted by Crippen LogP contribution is -2.01. The van der Waals surface area contributed by atoms with Crippen LogP contribution < -0.4 is 0 Å². The monoisotopic (exact) mass is 447 g/mol. The lowest BCUT2D eigenvalue weighted by Gasteiger charge is -2.09. The quantitative estimate of drug-likeness (QED) is 0.608. The van der Waals surface area contributed by atoms with Crippen molar-refractivity contribution in [1.82, 2.24) is 4.98 Å². The number of halogens is 4. The first-order chi connectivity index (χ1) is 6.76. The molecule has 1 rings (SSSR count). The fraction of sp³-hybridized carbons (Fsp3) is 0.444. The minimum Gasteiger partial charge on any atom is -0.255 e. The number of rotatable bonds is 4. The lowest BCUT2D eigenvalue weighted by atomic mass is 10.1. The number of nitrogens with zero attached hydrogens (tertiary/aromatic N) is 1. The van der Waals surface area contributed by atoms with Crippen molar-refractivity contribution in [1.29, 1.82) is 0 Å². The van der Waals surface area contributed by atoms with Gasteiger partial charge in [-0.1, -0.05) is 69.8 Å². The number of pyridine rings is 1. The van der Waals surface area contributed by atoms with Crippen LogP contribution in [0.1, 0.15) is 22.5 Å². The number of aromatic nitrogens is 1. The molecule has 1 heterocycles. The molecule has 0 aliphatic heterocycles. The third-order valence-electron chi connectivity index (χ3n) is 1.90. The predicted molar refractivity (Wildman–Crippen MR) is 74.8 cm³/mol. The molecule has 1 aromatic rings. The van der Waals surface area contributed by atoms with Crippen molar-refractivity contribution < 1.29 is 0 Å². The topological polar surface area (TPSA) is 12.9 Å². The average molecular weight is 451 g/mol. The zero-order chi connectivity index (χ0) is 10.6. The van der Waals surface area contributed by atoms with Gasteiger partial charge in [0.15, 0.2) is 0 Å². The van der Waals surface area contributed by atoms with Crippen LogP contribution in [0.25, 0.3) is 0 Å². The lowest BCUT2D eigenvalue weighted by molar-refractivity contribution is 1.03. The highest BCUT2D eigenvalue weighted by Gasteiger charge is 2.08. The third kappa shape index (κ3) is 3.03. The zero-order valence-electron chi connectivity index (χ0n) is 7.36. The van der Waals surface area contributed by atoms with Gasteiger partial charge < -0.3 is 0 Å². The van der Waals surface area contributed by atoms with Gasteiger partial charge in [-0.3, -0.25) is 4.98 Å². The second kappa shape index (κ2) is 6.61. The molecule has 0 amide bonds. The molecule has 0 aliphatic rings. The zero-order valence-corrected chi connectivity index (χ0v) is 13.7. The standard InChI is InChI=1S/C9H9Br4N/c10-2-6-1-7(3-11)9(5-13)14-8(6)4-12/h1H,2-5H2. The van der Waals surface area contributed by atoms with Crippen molar-refractivity contribution in [2.45, 2.75) is 21.3 Å².